The van der Waals surface area contributed by atoms with E-state index in [0.29, 0.717) is 34.0 Å². The van der Waals surface area contributed by atoms with Crippen LogP contribution in [0.5, 0.6) is 5.75 Å². The molecule has 4 aromatic heterocycles. The van der Waals surface area contributed by atoms with Gasteiger partial charge in [-0.05, 0) is 42.5 Å². The van der Waals surface area contributed by atoms with Gasteiger partial charge in [-0.3, -0.25) is 9.69 Å². The Morgan fingerprint density at radius 1 is 1.14 bits per heavy atom. The summed E-state index contributed by atoms with van der Waals surface area (Å²) in [6, 6.07) is 15.9. The summed E-state index contributed by atoms with van der Waals surface area (Å²) in [5.41, 5.74) is 12.3. The van der Waals surface area contributed by atoms with Crippen LogP contribution in [0, 0.1) is 0 Å². The van der Waals surface area contributed by atoms with Crippen LogP contribution in [0.3, 0.4) is 0 Å². The fourth-order valence-corrected chi connectivity index (χ4v) is 6.20. The van der Waals surface area contributed by atoms with Crippen molar-refractivity contribution in [1.29, 1.82) is 0 Å². The Labute approximate surface area is 253 Å². The second-order valence-electron chi connectivity index (χ2n) is 11.2. The van der Waals surface area contributed by atoms with Crippen molar-refractivity contribution in [2.24, 2.45) is 7.05 Å². The first-order valence-electron chi connectivity index (χ1n) is 14.7. The van der Waals surface area contributed by atoms with Gasteiger partial charge in [0.05, 0.1) is 37.0 Å². The molecule has 1 saturated heterocycles. The number of nitrogens with one attached hydrogen (secondary N) is 2. The highest BCUT2D eigenvalue weighted by atomic mass is 16.5. The molecular weight excluding hydrogens is 556 g/mol. The molecule has 7 rings (SSSR count). The minimum absolute atomic E-state index is 0.131. The van der Waals surface area contributed by atoms with Gasteiger partial charge in [0, 0.05) is 55.3 Å². The van der Waals surface area contributed by atoms with E-state index in [9.17, 15) is 4.79 Å². The Morgan fingerprint density at radius 3 is 2.75 bits per heavy atom. The Kier molecular flexibility index (Phi) is 7.18. The third kappa shape index (κ3) is 5.13. The lowest BCUT2D eigenvalue weighted by atomic mass is 10.0. The lowest BCUT2D eigenvalue weighted by molar-refractivity contribution is -0.115. The summed E-state index contributed by atoms with van der Waals surface area (Å²) in [7, 11) is 3.56. The van der Waals surface area contributed by atoms with Crippen LogP contribution in [0.15, 0.2) is 67.4 Å². The molecule has 12 nitrogen and oxygen atoms in total. The number of para-hydroxylation sites is 1. The molecular formula is C32H34N10O2. The molecule has 1 aliphatic heterocycles. The number of hydrogen-bond acceptors (Lipinski definition) is 8. The number of aromatic amines is 1. The van der Waals surface area contributed by atoms with Crippen molar-refractivity contribution in [3.63, 3.8) is 0 Å². The molecule has 1 aliphatic rings. The number of piperidine rings is 1. The van der Waals surface area contributed by atoms with E-state index in [1.54, 1.807) is 13.4 Å². The van der Waals surface area contributed by atoms with Crippen LogP contribution in [0.4, 0.5) is 11.5 Å². The van der Waals surface area contributed by atoms with Crippen LogP contribution in [0.25, 0.3) is 33.2 Å². The summed E-state index contributed by atoms with van der Waals surface area (Å²) < 4.78 is 9.77. The molecule has 4 N–H and O–H groups in total. The van der Waals surface area contributed by atoms with Gasteiger partial charge in [0.25, 0.3) is 0 Å². The van der Waals surface area contributed by atoms with Crippen molar-refractivity contribution in [3.05, 3.63) is 78.8 Å². The second-order valence-corrected chi connectivity index (χ2v) is 11.2. The molecule has 2 aromatic carbocycles. The molecule has 6 aromatic rings. The number of nitrogens with two attached hydrogens (primary N) is 1. The Morgan fingerprint density at radius 2 is 1.98 bits per heavy atom. The normalized spacial score (nSPS) is 14.4. The number of amides is 1. The number of imidazole rings is 1. The van der Waals surface area contributed by atoms with Gasteiger partial charge in [-0.1, -0.05) is 24.3 Å². The zero-order valence-electron chi connectivity index (χ0n) is 24.7. The number of methoxy groups -OCH3 is 1. The molecule has 0 spiro atoms. The molecule has 5 heterocycles. The zero-order chi connectivity index (χ0) is 30.2. The average molecular weight is 591 g/mol. The summed E-state index contributed by atoms with van der Waals surface area (Å²) in [4.78, 5) is 31.7. The van der Waals surface area contributed by atoms with Gasteiger partial charge in [-0.15, -0.1) is 0 Å². The van der Waals surface area contributed by atoms with E-state index in [2.05, 4.69) is 30.2 Å². The quantitative estimate of drug-likeness (QED) is 0.238. The number of H-pyrrole nitrogens is 1. The number of nitrogen functional groups attached to an aromatic ring is 1. The van der Waals surface area contributed by atoms with E-state index in [1.807, 2.05) is 71.0 Å². The Hall–Kier alpha value is -5.23. The number of carbonyl (C=O) groups excluding carboxylic acids is 1. The minimum atomic E-state index is -0.131. The van der Waals surface area contributed by atoms with Crippen molar-refractivity contribution in [3.8, 4) is 17.0 Å². The van der Waals surface area contributed by atoms with E-state index in [1.165, 1.54) is 6.33 Å². The van der Waals surface area contributed by atoms with Crippen molar-refractivity contribution < 1.29 is 9.53 Å². The second kappa shape index (κ2) is 11.5. The predicted octanol–water partition coefficient (Wildman–Crippen LogP) is 4.32. The number of rotatable bonds is 8. The number of likely N-dealkylation sites (tertiary alicyclic amines) is 1. The van der Waals surface area contributed by atoms with Gasteiger partial charge < -0.3 is 25.3 Å². The highest BCUT2D eigenvalue weighted by Crippen LogP contribution is 2.37. The first-order valence-corrected chi connectivity index (χ1v) is 14.7. The number of nitrogens with zero attached hydrogens (tertiary/aromatic N) is 7. The lowest BCUT2D eigenvalue weighted by Crippen LogP contribution is -2.34. The molecule has 0 bridgehead atoms. The molecule has 0 saturated carbocycles. The lowest BCUT2D eigenvalue weighted by Gasteiger charge is -2.31. The first-order chi connectivity index (χ1) is 21.5. The smallest absolute Gasteiger partial charge is 0.230 e. The molecule has 0 atom stereocenters. The summed E-state index contributed by atoms with van der Waals surface area (Å²) in [5, 5.41) is 9.89. The van der Waals surface area contributed by atoms with E-state index in [0.717, 1.165) is 60.3 Å². The maximum absolute atomic E-state index is 13.1. The minimum Gasteiger partial charge on any atom is -0.495 e. The summed E-state index contributed by atoms with van der Waals surface area (Å²) in [6.45, 7) is 2.71. The van der Waals surface area contributed by atoms with E-state index >= 15 is 0 Å². The number of fused-ring (bicyclic) bond motifs is 2. The monoisotopic (exact) mass is 590 g/mol. The Bertz CT molecular complexity index is 1950. The van der Waals surface area contributed by atoms with Crippen molar-refractivity contribution in [2.75, 3.05) is 31.2 Å². The van der Waals surface area contributed by atoms with Gasteiger partial charge in [-0.2, -0.15) is 5.10 Å². The molecule has 1 fully saturated rings. The number of anilines is 2. The van der Waals surface area contributed by atoms with Gasteiger partial charge in [0.2, 0.25) is 5.91 Å². The first kappa shape index (κ1) is 27.6. The number of aromatic nitrogens is 7. The fraction of sp³-hybridized carbons (Fsp3) is 0.281. The molecule has 0 aliphatic carbocycles. The fourth-order valence-electron chi connectivity index (χ4n) is 6.20. The number of ether oxygens (including phenoxy) is 1. The van der Waals surface area contributed by atoms with E-state index in [4.69, 9.17) is 15.6 Å². The third-order valence-corrected chi connectivity index (χ3v) is 8.51. The van der Waals surface area contributed by atoms with Gasteiger partial charge in [-0.25, -0.2) is 19.6 Å². The van der Waals surface area contributed by atoms with Crippen molar-refractivity contribution in [1.82, 2.24) is 39.2 Å². The van der Waals surface area contributed by atoms with Gasteiger partial charge in [0.15, 0.2) is 5.65 Å². The molecule has 224 valence electrons. The van der Waals surface area contributed by atoms with Gasteiger partial charge >= 0.3 is 0 Å². The maximum atomic E-state index is 13.1. The number of benzene rings is 2. The van der Waals surface area contributed by atoms with Crippen LogP contribution < -0.4 is 15.8 Å². The molecule has 12 heteroatoms. The molecule has 44 heavy (non-hydrogen) atoms. The average Bonchev–Trinajstić information content (AvgIpc) is 3.77. The van der Waals surface area contributed by atoms with Crippen molar-refractivity contribution in [2.45, 2.75) is 31.8 Å². The molecule has 1 amide bonds. The van der Waals surface area contributed by atoms with E-state index in [-0.39, 0.29) is 18.4 Å². The van der Waals surface area contributed by atoms with Crippen LogP contribution in [-0.2, 0) is 24.8 Å². The number of aryl methyl sites for hydroxylation is 1. The Balaban J connectivity index is 1.13. The highest BCUT2D eigenvalue weighted by Gasteiger charge is 2.27. The summed E-state index contributed by atoms with van der Waals surface area (Å²) >= 11 is 0. The van der Waals surface area contributed by atoms with Crippen LogP contribution in [-0.4, -0.2) is 65.3 Å². The SMILES string of the molecule is COc1cc(-c2nn(C3CCN(Cc4cnc[nH]4)CC3)c3ncnc(N)c23)ccc1NC(=O)Cc1cc2ccccc2n1C. The number of carbonyl (C=O) groups is 1. The van der Waals surface area contributed by atoms with E-state index < -0.39 is 0 Å². The summed E-state index contributed by atoms with van der Waals surface area (Å²) in [6.07, 6.45) is 7.17. The van der Waals surface area contributed by atoms with Crippen LogP contribution in [0.1, 0.15) is 30.3 Å². The van der Waals surface area contributed by atoms with Crippen LogP contribution >= 0.6 is 0 Å². The number of hydrogen-bond donors (Lipinski definition) is 3. The largest absolute Gasteiger partial charge is 0.495 e. The maximum Gasteiger partial charge on any atom is 0.230 e. The summed E-state index contributed by atoms with van der Waals surface area (Å²) in [5.74, 6) is 0.769. The molecule has 0 unspecified atom stereocenters. The highest BCUT2D eigenvalue weighted by molar-refractivity contribution is 6.00. The van der Waals surface area contributed by atoms with Crippen LogP contribution in [0.2, 0.25) is 0 Å². The zero-order valence-corrected chi connectivity index (χ0v) is 24.7. The van der Waals surface area contributed by atoms with Gasteiger partial charge in [0.1, 0.15) is 23.6 Å². The third-order valence-electron chi connectivity index (χ3n) is 8.51. The topological polar surface area (TPSA) is 145 Å². The molecule has 0 radical (unpaired) electrons. The predicted molar refractivity (Wildman–Crippen MR) is 169 cm³/mol. The van der Waals surface area contributed by atoms with Crippen molar-refractivity contribution >= 4 is 39.3 Å². The standard InChI is InChI=1S/C32H34N10O2/c1-40-24(13-20-5-3-4-6-26(20)40)15-28(43)38-25-8-7-21(14-27(25)44-2)30-29-31(33)36-19-37-32(29)42(39-30)23-9-11-41(12-10-23)17-22-16-34-18-35-22/h3-8,13-14,16,18-19,23H,9-12,15,17H2,1-2H3,(H,34,35)(H,38,43)(H2,33,36,37).